The van der Waals surface area contributed by atoms with E-state index in [1.807, 2.05) is 6.92 Å². The molecule has 4 aromatic rings. The smallest absolute Gasteiger partial charge is 0.316 e. The number of hydrogen-bond acceptors (Lipinski definition) is 7. The zero-order valence-electron chi connectivity index (χ0n) is 17.7. The van der Waals surface area contributed by atoms with Gasteiger partial charge in [-0.05, 0) is 36.6 Å². The number of phenolic OH excluding ortho intramolecular Hbond substituents is 1. The molecule has 0 fully saturated rings. The van der Waals surface area contributed by atoms with Gasteiger partial charge in [0.1, 0.15) is 24.1 Å². The number of hydrogen-bond donors (Lipinski definition) is 2. The molecule has 0 atom stereocenters. The van der Waals surface area contributed by atoms with Crippen LogP contribution in [0.1, 0.15) is 16.7 Å². The molecule has 0 aliphatic heterocycles. The molecule has 3 aromatic heterocycles. The summed E-state index contributed by atoms with van der Waals surface area (Å²) < 4.78 is 10.3. The largest absolute Gasteiger partial charge is 0.508 e. The van der Waals surface area contributed by atoms with Crippen LogP contribution in [0.15, 0.2) is 30.7 Å². The molecule has 4 rings (SSSR count). The molecule has 3 heterocycles. The van der Waals surface area contributed by atoms with Crippen LogP contribution in [0.5, 0.6) is 11.8 Å². The fraction of sp³-hybridized carbons (Fsp3) is 0.217. The maximum Gasteiger partial charge on any atom is 0.316 e. The quantitative estimate of drug-likeness (QED) is 0.414. The Hall–Kier alpha value is -3.67. The van der Waals surface area contributed by atoms with E-state index in [9.17, 15) is 10.4 Å². The van der Waals surface area contributed by atoms with Crippen molar-refractivity contribution in [2.45, 2.75) is 13.8 Å². The monoisotopic (exact) mass is 449 g/mol. The van der Waals surface area contributed by atoms with Gasteiger partial charge in [0.05, 0.1) is 28.3 Å². The highest BCUT2D eigenvalue weighted by molar-refractivity contribution is 6.38. The van der Waals surface area contributed by atoms with Crippen LogP contribution in [0.25, 0.3) is 33.4 Å². The molecule has 0 amide bonds. The molecule has 0 bridgehead atoms. The normalized spacial score (nSPS) is 11.0. The first-order valence-electron chi connectivity index (χ1n) is 9.80. The van der Waals surface area contributed by atoms with Gasteiger partial charge in [-0.3, -0.25) is 0 Å². The van der Waals surface area contributed by atoms with Crippen LogP contribution in [-0.2, 0) is 4.74 Å². The van der Waals surface area contributed by atoms with Gasteiger partial charge in [-0.1, -0.05) is 17.7 Å². The summed E-state index contributed by atoms with van der Waals surface area (Å²) in [6.45, 7) is 4.50. The van der Waals surface area contributed by atoms with Crippen molar-refractivity contribution in [3.8, 4) is 40.2 Å². The van der Waals surface area contributed by atoms with Crippen molar-refractivity contribution in [2.24, 2.45) is 0 Å². The summed E-state index contributed by atoms with van der Waals surface area (Å²) >= 11 is 6.71. The SMILES string of the molecule is COCCOc1ncc(-c2[nH]c3ncc(-c4c(C)ccc(O)c4C)c(C#N)c3c2Cl)cn1. The third kappa shape index (κ3) is 3.73. The van der Waals surface area contributed by atoms with Crippen LogP contribution >= 0.6 is 11.6 Å². The number of H-pyrrole nitrogens is 1. The Morgan fingerprint density at radius 2 is 1.88 bits per heavy atom. The van der Waals surface area contributed by atoms with Crippen LogP contribution in [0, 0.1) is 25.2 Å². The lowest BCUT2D eigenvalue weighted by atomic mass is 9.92. The van der Waals surface area contributed by atoms with E-state index >= 15 is 0 Å². The van der Waals surface area contributed by atoms with Gasteiger partial charge in [0.15, 0.2) is 0 Å². The van der Waals surface area contributed by atoms with E-state index in [1.165, 1.54) is 0 Å². The predicted octanol–water partition coefficient (Wildman–Crippen LogP) is 4.56. The number of ether oxygens (including phenoxy) is 2. The van der Waals surface area contributed by atoms with E-state index in [-0.39, 0.29) is 11.8 Å². The lowest BCUT2D eigenvalue weighted by molar-refractivity contribution is 0.141. The first-order chi connectivity index (χ1) is 15.5. The molecule has 0 aliphatic carbocycles. The summed E-state index contributed by atoms with van der Waals surface area (Å²) in [6.07, 6.45) is 4.79. The Morgan fingerprint density at radius 1 is 1.12 bits per heavy atom. The number of nitrogens with one attached hydrogen (secondary N) is 1. The minimum Gasteiger partial charge on any atom is -0.508 e. The zero-order valence-corrected chi connectivity index (χ0v) is 18.5. The molecule has 0 unspecified atom stereocenters. The van der Waals surface area contributed by atoms with Gasteiger partial charge in [-0.25, -0.2) is 15.0 Å². The number of phenols is 1. The summed E-state index contributed by atoms with van der Waals surface area (Å²) in [5.74, 6) is 0.153. The number of fused-ring (bicyclic) bond motifs is 1. The molecule has 0 saturated heterocycles. The molecule has 0 spiro atoms. The molecule has 1 aromatic carbocycles. The minimum atomic E-state index is 0.153. The second kappa shape index (κ2) is 8.83. The molecule has 9 heteroatoms. The topological polar surface area (TPSA) is 117 Å². The van der Waals surface area contributed by atoms with Crippen LogP contribution in [0.3, 0.4) is 0 Å². The Labute approximate surface area is 189 Å². The second-order valence-electron chi connectivity index (χ2n) is 7.19. The summed E-state index contributed by atoms with van der Waals surface area (Å²) in [5, 5.41) is 21.1. The van der Waals surface area contributed by atoms with Crippen LogP contribution in [0.4, 0.5) is 0 Å². The van der Waals surface area contributed by atoms with Gasteiger partial charge in [0.25, 0.3) is 0 Å². The Morgan fingerprint density at radius 3 is 2.56 bits per heavy atom. The van der Waals surface area contributed by atoms with Crippen molar-refractivity contribution in [3.63, 3.8) is 0 Å². The number of aromatic amines is 1. The van der Waals surface area contributed by atoms with E-state index in [2.05, 4.69) is 26.0 Å². The Kier molecular flexibility index (Phi) is 5.95. The van der Waals surface area contributed by atoms with Crippen LogP contribution in [0.2, 0.25) is 5.02 Å². The number of benzene rings is 1. The average molecular weight is 450 g/mol. The summed E-state index contributed by atoms with van der Waals surface area (Å²) in [7, 11) is 1.59. The maximum absolute atomic E-state index is 10.2. The van der Waals surface area contributed by atoms with E-state index in [0.29, 0.717) is 57.2 Å². The molecule has 32 heavy (non-hydrogen) atoms. The molecular formula is C23H20ClN5O3. The highest BCUT2D eigenvalue weighted by Crippen LogP contribution is 2.41. The lowest BCUT2D eigenvalue weighted by Gasteiger charge is -2.13. The highest BCUT2D eigenvalue weighted by atomic mass is 35.5. The summed E-state index contributed by atoms with van der Waals surface area (Å²) in [6, 6.07) is 5.93. The van der Waals surface area contributed by atoms with Crippen molar-refractivity contribution in [2.75, 3.05) is 20.3 Å². The van der Waals surface area contributed by atoms with Gasteiger partial charge in [0.2, 0.25) is 0 Å². The molecule has 8 nitrogen and oxygen atoms in total. The maximum atomic E-state index is 10.2. The average Bonchev–Trinajstić information content (AvgIpc) is 3.14. The molecule has 0 aliphatic rings. The van der Waals surface area contributed by atoms with Gasteiger partial charge >= 0.3 is 6.01 Å². The van der Waals surface area contributed by atoms with Gasteiger partial charge in [-0.15, -0.1) is 0 Å². The minimum absolute atomic E-state index is 0.153. The number of aromatic hydroxyl groups is 1. The Balaban J connectivity index is 1.82. The van der Waals surface area contributed by atoms with E-state index in [1.54, 1.807) is 44.8 Å². The number of pyridine rings is 1. The molecular weight excluding hydrogens is 430 g/mol. The molecule has 0 radical (unpaired) electrons. The van der Waals surface area contributed by atoms with Crippen molar-refractivity contribution < 1.29 is 14.6 Å². The number of nitriles is 1. The molecule has 0 saturated carbocycles. The summed E-state index contributed by atoms with van der Waals surface area (Å²) in [5.41, 5.74) is 4.99. The van der Waals surface area contributed by atoms with E-state index in [0.717, 1.165) is 11.1 Å². The van der Waals surface area contributed by atoms with Crippen molar-refractivity contribution in [3.05, 3.63) is 52.4 Å². The van der Waals surface area contributed by atoms with Crippen molar-refractivity contribution in [1.29, 1.82) is 5.26 Å². The van der Waals surface area contributed by atoms with Gasteiger partial charge in [-0.2, -0.15) is 5.26 Å². The number of rotatable bonds is 6. The number of nitrogens with zero attached hydrogens (tertiary/aromatic N) is 4. The van der Waals surface area contributed by atoms with Crippen molar-refractivity contribution >= 4 is 22.6 Å². The van der Waals surface area contributed by atoms with Crippen molar-refractivity contribution in [1.82, 2.24) is 19.9 Å². The molecule has 162 valence electrons. The zero-order chi connectivity index (χ0) is 22.8. The van der Waals surface area contributed by atoms with E-state index < -0.39 is 0 Å². The fourth-order valence-corrected chi connectivity index (χ4v) is 3.95. The summed E-state index contributed by atoms with van der Waals surface area (Å²) in [4.78, 5) is 16.1. The van der Waals surface area contributed by atoms with Crippen LogP contribution in [-0.4, -0.2) is 45.4 Å². The molecule has 2 N–H and O–H groups in total. The highest BCUT2D eigenvalue weighted by Gasteiger charge is 2.22. The van der Waals surface area contributed by atoms with Gasteiger partial charge in [0, 0.05) is 36.8 Å². The second-order valence-corrected chi connectivity index (χ2v) is 7.57. The predicted molar refractivity (Wildman–Crippen MR) is 121 cm³/mol. The fourth-order valence-electron chi connectivity index (χ4n) is 3.61. The number of halogens is 1. The third-order valence-electron chi connectivity index (χ3n) is 5.22. The van der Waals surface area contributed by atoms with E-state index in [4.69, 9.17) is 21.1 Å². The first-order valence-corrected chi connectivity index (χ1v) is 10.2. The number of methoxy groups -OCH3 is 1. The van der Waals surface area contributed by atoms with Gasteiger partial charge < -0.3 is 19.6 Å². The Bertz CT molecular complexity index is 1340. The van der Waals surface area contributed by atoms with Crippen LogP contribution < -0.4 is 4.74 Å². The lowest BCUT2D eigenvalue weighted by Crippen LogP contribution is -2.06. The third-order valence-corrected chi connectivity index (χ3v) is 5.60. The number of aromatic nitrogens is 4. The first kappa shape index (κ1) is 21.6. The number of aryl methyl sites for hydroxylation is 1. The standard InChI is InChI=1S/C23H20ClN5O3/c1-12-4-5-17(30)13(2)18(12)16-11-26-22-19(15(16)8-25)20(24)21(29-22)14-9-27-23(28-10-14)32-7-6-31-3/h4-5,9-11,30H,6-7H2,1-3H3,(H,26,29).